The van der Waals surface area contributed by atoms with Gasteiger partial charge in [0.25, 0.3) is 0 Å². The number of carbonyl (C=O) groups is 1. The maximum atomic E-state index is 10.9. The van der Waals surface area contributed by atoms with Crippen LogP contribution < -0.4 is 0 Å². The zero-order valence-electron chi connectivity index (χ0n) is 8.87. The number of benzene rings is 1. The van der Waals surface area contributed by atoms with Crippen LogP contribution in [-0.2, 0) is 23.8 Å². The van der Waals surface area contributed by atoms with E-state index in [1.165, 1.54) is 0 Å². The third-order valence-electron chi connectivity index (χ3n) is 2.15. The third-order valence-corrected chi connectivity index (χ3v) is 2.38. The van der Waals surface area contributed by atoms with Crippen molar-refractivity contribution in [3.05, 3.63) is 35.9 Å². The van der Waals surface area contributed by atoms with Crippen molar-refractivity contribution < 1.29 is 9.90 Å². The molecule has 1 rings (SSSR count). The molecule has 1 N–H and O–H groups in total. The lowest BCUT2D eigenvalue weighted by Gasteiger charge is -2.16. The molecule has 0 saturated carbocycles. The molecular formula is C11H14N2O2S. The van der Waals surface area contributed by atoms with Crippen LogP contribution in [0.1, 0.15) is 12.0 Å². The molecule has 0 aliphatic heterocycles. The molecule has 0 aromatic heterocycles. The predicted molar refractivity (Wildman–Crippen MR) is 63.4 cm³/mol. The lowest BCUT2D eigenvalue weighted by molar-refractivity contribution is -0.122. The Morgan fingerprint density at radius 2 is 2.06 bits per heavy atom. The van der Waals surface area contributed by atoms with E-state index >= 15 is 0 Å². The summed E-state index contributed by atoms with van der Waals surface area (Å²) in [6.45, 7) is 0.609. The van der Waals surface area contributed by atoms with Gasteiger partial charge in [0.1, 0.15) is 6.61 Å². The van der Waals surface area contributed by atoms with Crippen LogP contribution in [0, 0.1) is 0 Å². The number of Topliss-reactive ketones (excluding diaryl/α,β-unsaturated/α-hetero) is 1. The van der Waals surface area contributed by atoms with Gasteiger partial charge < -0.3 is 5.11 Å². The molecule has 0 heterocycles. The van der Waals surface area contributed by atoms with Crippen molar-refractivity contribution in [1.82, 2.24) is 5.01 Å². The van der Waals surface area contributed by atoms with E-state index in [2.05, 4.69) is 16.9 Å². The summed E-state index contributed by atoms with van der Waals surface area (Å²) in [5.41, 5.74) is 1.09. The highest BCUT2D eigenvalue weighted by molar-refractivity contribution is 7.47. The largest absolute Gasteiger partial charge is 0.389 e. The number of ketones is 1. The van der Waals surface area contributed by atoms with E-state index in [-0.39, 0.29) is 12.2 Å². The average Bonchev–Trinajstić information content (AvgIpc) is 2.35. The maximum Gasteiger partial charge on any atom is 0.160 e. The van der Waals surface area contributed by atoms with Gasteiger partial charge in [-0.2, -0.15) is 0 Å². The highest BCUT2D eigenvalue weighted by Gasteiger charge is 2.05. The summed E-state index contributed by atoms with van der Waals surface area (Å²) >= 11 is 4.64. The van der Waals surface area contributed by atoms with E-state index in [0.717, 1.165) is 5.56 Å². The minimum Gasteiger partial charge on any atom is -0.389 e. The first-order valence-electron chi connectivity index (χ1n) is 5.01. The molecular weight excluding hydrogens is 224 g/mol. The third kappa shape index (κ3) is 4.46. The maximum absolute atomic E-state index is 10.9. The topological polar surface area (TPSA) is 52.9 Å². The monoisotopic (exact) mass is 238 g/mol. The molecule has 0 bridgehead atoms. The minimum absolute atomic E-state index is 0.197. The fourth-order valence-electron chi connectivity index (χ4n) is 1.28. The van der Waals surface area contributed by atoms with E-state index in [1.807, 2.05) is 30.3 Å². The molecule has 0 aliphatic rings. The fraction of sp³-hybridized carbons (Fsp3) is 0.364. The van der Waals surface area contributed by atoms with Crippen molar-refractivity contribution in [3.8, 4) is 0 Å². The van der Waals surface area contributed by atoms with Crippen LogP contribution in [0.25, 0.3) is 0 Å². The molecule has 0 aliphatic carbocycles. The summed E-state index contributed by atoms with van der Waals surface area (Å²) in [6, 6.07) is 9.77. The summed E-state index contributed by atoms with van der Waals surface area (Å²) < 4.78 is 3.67. The Morgan fingerprint density at radius 1 is 1.38 bits per heavy atom. The molecule has 0 fully saturated rings. The van der Waals surface area contributed by atoms with Crippen molar-refractivity contribution in [1.29, 1.82) is 0 Å². The van der Waals surface area contributed by atoms with Gasteiger partial charge in [-0.25, -0.2) is 0 Å². The second kappa shape index (κ2) is 7.03. The molecule has 0 unspecified atom stereocenters. The Bertz CT molecular complexity index is 343. The normalized spacial score (nSPS) is 9.81. The first-order chi connectivity index (χ1) is 7.76. The van der Waals surface area contributed by atoms with Crippen molar-refractivity contribution >= 4 is 18.2 Å². The molecule has 4 nitrogen and oxygen atoms in total. The Hall–Kier alpha value is -1.33. The van der Waals surface area contributed by atoms with Crippen molar-refractivity contribution in [2.24, 2.45) is 4.47 Å². The number of carbonyl (C=O) groups excluding carboxylic acids is 1. The Balaban J connectivity index is 2.43. The van der Waals surface area contributed by atoms with E-state index in [9.17, 15) is 4.79 Å². The average molecular weight is 238 g/mol. The van der Waals surface area contributed by atoms with Crippen LogP contribution in [-0.4, -0.2) is 29.1 Å². The van der Waals surface area contributed by atoms with Crippen LogP contribution >= 0.6 is 0 Å². The Labute approximate surface area is 100 Å². The molecule has 1 aromatic rings. The Morgan fingerprint density at radius 3 is 2.62 bits per heavy atom. The molecule has 1 aromatic carbocycles. The second-order valence-corrected chi connectivity index (χ2v) is 3.57. The standard InChI is InChI=1S/C11H14N2O2S/c14-9-11(15)6-7-13(12-16)8-10-4-2-1-3-5-10/h1-5,14H,6-9H2. The number of aliphatic hydroxyl groups excluding tert-OH is 1. The van der Waals surface area contributed by atoms with Gasteiger partial charge in [-0.3, -0.25) is 9.80 Å². The number of rotatable bonds is 7. The fourth-order valence-corrected chi connectivity index (χ4v) is 1.42. The summed E-state index contributed by atoms with van der Waals surface area (Å²) in [5.74, 6) is -0.197. The Kier molecular flexibility index (Phi) is 5.60. The first kappa shape index (κ1) is 12.7. The van der Waals surface area contributed by atoms with Gasteiger partial charge >= 0.3 is 0 Å². The molecule has 5 heteroatoms. The number of hydrogen-bond acceptors (Lipinski definition) is 4. The van der Waals surface area contributed by atoms with Gasteiger partial charge in [0.15, 0.2) is 5.78 Å². The summed E-state index contributed by atoms with van der Waals surface area (Å²) in [4.78, 5) is 10.9. The minimum atomic E-state index is -0.420. The van der Waals surface area contributed by atoms with Crippen molar-refractivity contribution in [3.63, 3.8) is 0 Å². The molecule has 0 radical (unpaired) electrons. The van der Waals surface area contributed by atoms with Crippen molar-refractivity contribution in [2.75, 3.05) is 13.2 Å². The molecule has 0 amide bonds. The van der Waals surface area contributed by atoms with Crippen LogP contribution in [0.5, 0.6) is 0 Å². The second-order valence-electron chi connectivity index (χ2n) is 3.40. The highest BCUT2D eigenvalue weighted by atomic mass is 32.1. The van der Waals surface area contributed by atoms with Crippen LogP contribution in [0.4, 0.5) is 0 Å². The van der Waals surface area contributed by atoms with E-state index in [4.69, 9.17) is 5.11 Å². The van der Waals surface area contributed by atoms with Gasteiger partial charge in [-0.15, -0.1) is 4.47 Å². The number of aliphatic hydroxyl groups is 1. The van der Waals surface area contributed by atoms with E-state index < -0.39 is 6.61 Å². The molecule has 0 spiro atoms. The van der Waals surface area contributed by atoms with Crippen LogP contribution in [0.3, 0.4) is 0 Å². The zero-order chi connectivity index (χ0) is 11.8. The van der Waals surface area contributed by atoms with Gasteiger partial charge in [0, 0.05) is 13.0 Å². The highest BCUT2D eigenvalue weighted by Crippen LogP contribution is 2.05. The number of nitrogens with zero attached hydrogens (tertiary/aromatic N) is 2. The summed E-state index contributed by atoms with van der Waals surface area (Å²) in [5, 5.41) is 10.2. The lowest BCUT2D eigenvalue weighted by atomic mass is 10.2. The summed E-state index contributed by atoms with van der Waals surface area (Å²) in [7, 11) is 0. The molecule has 0 saturated heterocycles. The summed E-state index contributed by atoms with van der Waals surface area (Å²) in [6.07, 6.45) is 0.267. The molecule has 86 valence electrons. The lowest BCUT2D eigenvalue weighted by Crippen LogP contribution is -2.21. The zero-order valence-corrected chi connectivity index (χ0v) is 9.69. The smallest absolute Gasteiger partial charge is 0.160 e. The molecule has 16 heavy (non-hydrogen) atoms. The van der Waals surface area contributed by atoms with Gasteiger partial charge in [0.2, 0.25) is 0 Å². The van der Waals surface area contributed by atoms with Crippen molar-refractivity contribution in [2.45, 2.75) is 13.0 Å². The van der Waals surface area contributed by atoms with Crippen LogP contribution in [0.2, 0.25) is 0 Å². The van der Waals surface area contributed by atoms with Gasteiger partial charge in [-0.05, 0) is 5.56 Å². The predicted octanol–water partition coefficient (Wildman–Crippen LogP) is 1.09. The SMILES string of the molecule is O=C(CO)CCN(Cc1ccccc1)N=S. The van der Waals surface area contributed by atoms with E-state index in [0.29, 0.717) is 13.1 Å². The number of hydrogen-bond donors (Lipinski definition) is 1. The van der Waals surface area contributed by atoms with Gasteiger partial charge in [-0.1, -0.05) is 30.3 Å². The quantitative estimate of drug-likeness (QED) is 0.722. The first-order valence-corrected chi connectivity index (χ1v) is 5.37. The van der Waals surface area contributed by atoms with Crippen LogP contribution in [0.15, 0.2) is 34.8 Å². The van der Waals surface area contributed by atoms with Gasteiger partial charge in [0.05, 0.1) is 19.0 Å². The molecule has 0 atom stereocenters. The van der Waals surface area contributed by atoms with E-state index in [1.54, 1.807) is 5.01 Å².